The topological polar surface area (TPSA) is 226 Å². The van der Waals surface area contributed by atoms with E-state index in [0.29, 0.717) is 51.7 Å². The minimum atomic E-state index is -1.91. The molecule has 1 aliphatic heterocycles. The van der Waals surface area contributed by atoms with Crippen LogP contribution in [0.1, 0.15) is 61.8 Å². The van der Waals surface area contributed by atoms with Crippen LogP contribution in [0.15, 0.2) is 35.9 Å². The Morgan fingerprint density at radius 1 is 1.13 bits per heavy atom. The highest BCUT2D eigenvalue weighted by Gasteiger charge is 2.41. The van der Waals surface area contributed by atoms with Gasteiger partial charge in [-0.25, -0.2) is 4.79 Å². The molecule has 0 fully saturated rings. The van der Waals surface area contributed by atoms with Gasteiger partial charge in [-0.2, -0.15) is 5.26 Å². The van der Waals surface area contributed by atoms with E-state index < -0.39 is 35.2 Å². The molecule has 1 amide bonds. The Morgan fingerprint density at radius 3 is 2.60 bits per heavy atom. The molecule has 1 aromatic heterocycles. The fourth-order valence-corrected chi connectivity index (χ4v) is 6.17. The van der Waals surface area contributed by atoms with Gasteiger partial charge in [-0.05, 0) is 99.4 Å². The first-order valence-electron chi connectivity index (χ1n) is 15.1. The summed E-state index contributed by atoms with van der Waals surface area (Å²) in [7, 11) is 0. The third kappa shape index (κ3) is 9.70. The van der Waals surface area contributed by atoms with Crippen LogP contribution in [-0.4, -0.2) is 71.6 Å². The number of aliphatic carboxylic acids is 2. The number of ketones is 1. The van der Waals surface area contributed by atoms with Crippen molar-refractivity contribution in [2.24, 2.45) is 17.2 Å². The molecule has 2 unspecified atom stereocenters. The second-order valence-corrected chi connectivity index (χ2v) is 12.3. The molecule has 0 saturated carbocycles. The van der Waals surface area contributed by atoms with Crippen molar-refractivity contribution in [2.75, 3.05) is 31.1 Å². The molecule has 1 aromatic carbocycles. The van der Waals surface area contributed by atoms with Crippen molar-refractivity contribution in [3.63, 3.8) is 0 Å². The molecule has 242 valence electrons. The van der Waals surface area contributed by atoms with Crippen LogP contribution in [-0.2, 0) is 25.6 Å². The molecule has 2 aromatic rings. The predicted octanol–water partition coefficient (Wildman–Crippen LogP) is 2.64. The molecule has 2 heterocycles. The van der Waals surface area contributed by atoms with Gasteiger partial charge in [0.2, 0.25) is 0 Å². The lowest BCUT2D eigenvalue weighted by Gasteiger charge is -2.32. The van der Waals surface area contributed by atoms with Gasteiger partial charge in [-0.3, -0.25) is 14.4 Å². The van der Waals surface area contributed by atoms with E-state index >= 15 is 0 Å². The minimum Gasteiger partial charge on any atom is -0.480 e. The van der Waals surface area contributed by atoms with E-state index in [2.05, 4.69) is 16.3 Å². The number of carboxylic acids is 2. The number of rotatable bonds is 18. The summed E-state index contributed by atoms with van der Waals surface area (Å²) in [6.07, 6.45) is 5.86. The summed E-state index contributed by atoms with van der Waals surface area (Å²) >= 11 is 1.45. The van der Waals surface area contributed by atoms with E-state index in [9.17, 15) is 29.5 Å². The molecule has 2 atom stereocenters. The lowest BCUT2D eigenvalue weighted by Crippen LogP contribution is -2.55. The Balaban J connectivity index is 1.62. The largest absolute Gasteiger partial charge is 0.480 e. The number of nitrogens with one attached hydrogen (secondary N) is 1. The highest BCUT2D eigenvalue weighted by atomic mass is 32.1. The maximum Gasteiger partial charge on any atom is 0.331 e. The van der Waals surface area contributed by atoms with Gasteiger partial charge < -0.3 is 37.6 Å². The first kappa shape index (κ1) is 35.4. The Kier molecular flexibility index (Phi) is 13.2. The Morgan fingerprint density at radius 2 is 1.91 bits per heavy atom. The summed E-state index contributed by atoms with van der Waals surface area (Å²) in [4.78, 5) is 51.9. The van der Waals surface area contributed by atoms with Crippen LogP contribution in [0.2, 0.25) is 0 Å². The number of amides is 1. The van der Waals surface area contributed by atoms with Crippen molar-refractivity contribution >= 4 is 46.7 Å². The van der Waals surface area contributed by atoms with E-state index in [1.807, 2.05) is 30.3 Å². The quantitative estimate of drug-likeness (QED) is 0.0602. The number of Topliss-reactive ketones (excluding diaryl/α,β-unsaturated/α-hetero) is 1. The predicted molar refractivity (Wildman–Crippen MR) is 173 cm³/mol. The van der Waals surface area contributed by atoms with Gasteiger partial charge >= 0.3 is 11.9 Å². The first-order valence-corrected chi connectivity index (χ1v) is 15.9. The van der Waals surface area contributed by atoms with Crippen LogP contribution in [0.4, 0.5) is 5.69 Å². The van der Waals surface area contributed by atoms with Crippen molar-refractivity contribution in [1.82, 2.24) is 5.32 Å². The summed E-state index contributed by atoms with van der Waals surface area (Å²) in [5.74, 6) is -3.34. The number of nitrogens with two attached hydrogens (primary N) is 3. The number of nitrogens with zero attached hydrogens (tertiary/aromatic N) is 2. The number of thiophene rings is 1. The minimum absolute atomic E-state index is 0.0231. The van der Waals surface area contributed by atoms with E-state index in [-0.39, 0.29) is 18.4 Å². The third-order valence-electron chi connectivity index (χ3n) is 7.92. The van der Waals surface area contributed by atoms with Gasteiger partial charge in [0.15, 0.2) is 11.3 Å². The van der Waals surface area contributed by atoms with Crippen molar-refractivity contribution in [3.8, 4) is 16.5 Å². The Labute approximate surface area is 266 Å². The first-order chi connectivity index (χ1) is 21.5. The van der Waals surface area contributed by atoms with Gasteiger partial charge in [-0.15, -0.1) is 11.3 Å². The second-order valence-electron chi connectivity index (χ2n) is 11.2. The fourth-order valence-electron chi connectivity index (χ4n) is 5.22. The lowest BCUT2D eigenvalue weighted by molar-refractivity contribution is -0.148. The van der Waals surface area contributed by atoms with Gasteiger partial charge in [-0.1, -0.05) is 6.07 Å². The zero-order valence-electron chi connectivity index (χ0n) is 25.3. The number of anilines is 1. The van der Waals surface area contributed by atoms with Gasteiger partial charge in [0.1, 0.15) is 17.7 Å². The normalized spacial score (nSPS) is 15.0. The molecular weight excluding hydrogens is 596 g/mol. The lowest BCUT2D eigenvalue weighted by atomic mass is 9.87. The summed E-state index contributed by atoms with van der Waals surface area (Å²) in [6, 6.07) is 10.9. The number of fused-ring (bicyclic) bond motifs is 1. The number of aryl methyl sites for hydroxylation is 1. The van der Waals surface area contributed by atoms with Crippen LogP contribution >= 0.6 is 11.3 Å². The van der Waals surface area contributed by atoms with E-state index in [1.54, 1.807) is 6.08 Å². The van der Waals surface area contributed by atoms with Gasteiger partial charge in [0, 0.05) is 41.5 Å². The van der Waals surface area contributed by atoms with Crippen molar-refractivity contribution in [1.29, 1.82) is 5.26 Å². The van der Waals surface area contributed by atoms with E-state index in [4.69, 9.17) is 22.3 Å². The molecule has 45 heavy (non-hydrogen) atoms. The molecule has 1 aliphatic rings. The third-order valence-corrected chi connectivity index (χ3v) is 9.00. The van der Waals surface area contributed by atoms with Crippen LogP contribution in [0.3, 0.4) is 0 Å². The number of benzene rings is 1. The highest BCUT2D eigenvalue weighted by Crippen LogP contribution is 2.35. The maximum absolute atomic E-state index is 12.9. The molecule has 0 aliphatic carbocycles. The number of hydrogen-bond acceptors (Lipinski definition) is 10. The summed E-state index contributed by atoms with van der Waals surface area (Å²) in [5, 5.41) is 30.7. The number of nitriles is 1. The molecule has 0 bridgehead atoms. The van der Waals surface area contributed by atoms with Gasteiger partial charge in [0.05, 0.1) is 0 Å². The molecule has 9 N–H and O–H groups in total. The van der Waals surface area contributed by atoms with Crippen molar-refractivity contribution in [2.45, 2.75) is 69.4 Å². The molecule has 13 heteroatoms. The van der Waals surface area contributed by atoms with Crippen LogP contribution in [0.25, 0.3) is 16.5 Å². The number of carboxylic acid groups (broad SMARTS) is 2. The monoisotopic (exact) mass is 638 g/mol. The summed E-state index contributed by atoms with van der Waals surface area (Å²) in [6.45, 7) is 1.84. The SMILES string of the molecule is N#C/C(=C\c1ccc(-c2ccc3c(c2)CCCN3CCC(=O)C(N)(CCCCN)C(=O)O)s1)C(=O)NCCCCC(N)C(=O)O. The molecule has 3 rings (SSSR count). The summed E-state index contributed by atoms with van der Waals surface area (Å²) < 4.78 is 0. The maximum atomic E-state index is 12.9. The number of unbranched alkanes of at least 4 members (excludes halogenated alkanes) is 2. The molecule has 0 spiro atoms. The summed E-state index contributed by atoms with van der Waals surface area (Å²) in [5.41, 5.74) is 18.2. The average Bonchev–Trinajstić information content (AvgIpc) is 3.50. The van der Waals surface area contributed by atoms with Gasteiger partial charge in [0.25, 0.3) is 5.91 Å². The molecule has 0 saturated heterocycles. The van der Waals surface area contributed by atoms with Crippen molar-refractivity contribution in [3.05, 3.63) is 46.3 Å². The molecular formula is C32H42N6O6S. The smallest absolute Gasteiger partial charge is 0.331 e. The van der Waals surface area contributed by atoms with Crippen LogP contribution in [0.5, 0.6) is 0 Å². The Hall–Kier alpha value is -4.09. The van der Waals surface area contributed by atoms with Crippen molar-refractivity contribution < 1.29 is 29.4 Å². The highest BCUT2D eigenvalue weighted by molar-refractivity contribution is 7.16. The average molecular weight is 639 g/mol. The number of hydrogen-bond donors (Lipinski definition) is 6. The molecule has 0 radical (unpaired) electrons. The zero-order valence-corrected chi connectivity index (χ0v) is 26.1. The van der Waals surface area contributed by atoms with E-state index in [0.717, 1.165) is 46.0 Å². The number of carbonyl (C=O) groups is 4. The van der Waals surface area contributed by atoms with Crippen LogP contribution in [0, 0.1) is 11.3 Å². The fraction of sp³-hybridized carbons (Fsp3) is 0.469. The Bertz CT molecular complexity index is 1450. The number of carbonyl (C=O) groups excluding carboxylic acids is 2. The molecule has 12 nitrogen and oxygen atoms in total. The van der Waals surface area contributed by atoms with Crippen LogP contribution < -0.4 is 27.4 Å². The standard InChI is InChI=1S/C32H42N6O6S/c33-14-3-2-13-32(36,31(43)44)28(39)12-17-38-16-5-6-21-18-22(8-10-26(21)38)27-11-9-24(45-27)19-23(20-34)29(40)37-15-4-1-7-25(35)30(41)42/h8-11,18-19,25H,1-7,12-17,33,35-36H2,(H,37,40)(H,41,42)(H,43,44)/b23-19+. The second kappa shape index (κ2) is 16.8. The zero-order chi connectivity index (χ0) is 33.0. The van der Waals surface area contributed by atoms with E-state index in [1.165, 1.54) is 11.3 Å².